The smallest absolute Gasteiger partial charge is 0.132 e. The van der Waals surface area contributed by atoms with E-state index in [1.165, 1.54) is 88.3 Å². The molecular weight excluding hydrogens is 871 g/mol. The van der Waals surface area contributed by atoms with E-state index in [1.807, 2.05) is 0 Å². The third-order valence-corrected chi connectivity index (χ3v) is 15.9. The summed E-state index contributed by atoms with van der Waals surface area (Å²) in [6, 6.07) is 91.5. The normalized spacial score (nSPS) is 15.8. The Bertz CT molecular complexity index is 3970. The van der Waals surface area contributed by atoms with E-state index in [4.69, 9.17) is 4.74 Å². The molecule has 1 aliphatic heterocycles. The highest BCUT2D eigenvalue weighted by molar-refractivity contribution is 6.13. The minimum Gasteiger partial charge on any atom is -0.457 e. The minimum atomic E-state index is -0.536. The first kappa shape index (κ1) is 41.9. The molecule has 1 unspecified atom stereocenters. The fourth-order valence-electron chi connectivity index (χ4n) is 12.6. The lowest BCUT2D eigenvalue weighted by atomic mass is 9.66. The maximum Gasteiger partial charge on any atom is 0.132 e. The predicted octanol–water partition coefficient (Wildman–Crippen LogP) is 18.6. The van der Waals surface area contributed by atoms with Crippen molar-refractivity contribution in [2.45, 2.75) is 24.2 Å². The highest BCUT2D eigenvalue weighted by atomic mass is 16.5. The molecule has 0 aromatic heterocycles. The van der Waals surface area contributed by atoms with Gasteiger partial charge in [0.2, 0.25) is 0 Å². The third-order valence-electron chi connectivity index (χ3n) is 15.9. The van der Waals surface area contributed by atoms with Gasteiger partial charge in [-0.1, -0.05) is 231 Å². The molecule has 0 saturated heterocycles. The quantitative estimate of drug-likeness (QED) is 0.148. The van der Waals surface area contributed by atoms with Crippen molar-refractivity contribution in [3.05, 3.63) is 300 Å². The van der Waals surface area contributed by atoms with Crippen molar-refractivity contribution in [1.82, 2.24) is 0 Å². The fraction of sp³-hybridized carbons (Fsp3) is 0.0571. The molecule has 0 N–H and O–H groups in total. The first-order chi connectivity index (χ1) is 35.6. The maximum absolute atomic E-state index is 6.66. The second kappa shape index (κ2) is 16.6. The molecule has 0 fully saturated rings. The number of hydrogen-bond donors (Lipinski definition) is 0. The van der Waals surface area contributed by atoms with Gasteiger partial charge in [-0.2, -0.15) is 0 Å². The topological polar surface area (TPSA) is 12.5 Å². The number of nitrogens with zero attached hydrogens (tertiary/aromatic N) is 1. The zero-order chi connectivity index (χ0) is 47.8. The van der Waals surface area contributed by atoms with Gasteiger partial charge in [0.25, 0.3) is 0 Å². The van der Waals surface area contributed by atoms with E-state index in [1.54, 1.807) is 0 Å². The SMILES string of the molecule is CC1(c2ccccc2-c2ccccc2)CC=CC=C1c1ccccc1N(c1ccc(-c2ccc3c(c2)C2(c4ccccc4Oc4ccccc42)c2ccccc2-3)cc1)c1cccc2c1ccc1ccccc12. The summed E-state index contributed by atoms with van der Waals surface area (Å²) >= 11 is 0. The van der Waals surface area contributed by atoms with Crippen LogP contribution in [0, 0.1) is 0 Å². The molecule has 2 nitrogen and oxygen atoms in total. The van der Waals surface area contributed by atoms with Gasteiger partial charge in [-0.15, -0.1) is 0 Å². The number of hydrogen-bond acceptors (Lipinski definition) is 2. The monoisotopic (exact) mass is 919 g/mol. The van der Waals surface area contributed by atoms with E-state index in [2.05, 4.69) is 279 Å². The average molecular weight is 920 g/mol. The Balaban J connectivity index is 0.944. The van der Waals surface area contributed by atoms with Crippen LogP contribution < -0.4 is 9.64 Å². The van der Waals surface area contributed by atoms with Crippen LogP contribution in [-0.2, 0) is 10.8 Å². The van der Waals surface area contributed by atoms with Crippen LogP contribution in [0.5, 0.6) is 11.5 Å². The fourth-order valence-corrected chi connectivity index (χ4v) is 12.6. The standard InChI is InChI=1S/C70H49NO/c1-69(59-28-10-7-24-53(59)48-20-3-2-4-21-48)45-18-17-29-60(69)58-26-9-14-33-66(58)71(65-34-19-27-54-52-23-6-5-22-49(52)39-44-57(54)65)51-41-37-47(38-42-51)50-40-43-56-55-25-8-11-30-61(55)70(64(56)46-50)62-31-12-15-35-67(62)72-68-36-16-13-32-63(68)70/h2-44,46H,45H2,1H3. The molecule has 2 aliphatic carbocycles. The van der Waals surface area contributed by atoms with Crippen LogP contribution in [0.25, 0.3) is 60.5 Å². The van der Waals surface area contributed by atoms with Gasteiger partial charge in [0, 0.05) is 33.2 Å². The summed E-state index contributed by atoms with van der Waals surface area (Å²) in [5.74, 6) is 1.80. The molecule has 0 radical (unpaired) electrons. The number of rotatable bonds is 7. The Labute approximate surface area is 421 Å². The van der Waals surface area contributed by atoms with Gasteiger partial charge < -0.3 is 9.64 Å². The Morgan fingerprint density at radius 3 is 1.78 bits per heavy atom. The van der Waals surface area contributed by atoms with Gasteiger partial charge in [0.05, 0.1) is 16.8 Å². The van der Waals surface area contributed by atoms with E-state index in [0.29, 0.717) is 0 Å². The van der Waals surface area contributed by atoms with Crippen molar-refractivity contribution in [3.8, 4) is 44.9 Å². The van der Waals surface area contributed by atoms with Gasteiger partial charge >= 0.3 is 0 Å². The van der Waals surface area contributed by atoms with Gasteiger partial charge in [0.15, 0.2) is 0 Å². The van der Waals surface area contributed by atoms with Crippen molar-refractivity contribution in [3.63, 3.8) is 0 Å². The van der Waals surface area contributed by atoms with E-state index in [-0.39, 0.29) is 5.41 Å². The molecular formula is C70H49NO. The van der Waals surface area contributed by atoms with E-state index < -0.39 is 5.41 Å². The Kier molecular flexibility index (Phi) is 9.66. The maximum atomic E-state index is 6.66. The lowest BCUT2D eigenvalue weighted by molar-refractivity contribution is 0.436. The molecule has 1 heterocycles. The molecule has 1 spiro atoms. The Morgan fingerprint density at radius 2 is 0.986 bits per heavy atom. The van der Waals surface area contributed by atoms with Crippen LogP contribution >= 0.6 is 0 Å². The number of allylic oxidation sites excluding steroid dienone is 4. The molecule has 0 amide bonds. The molecule has 340 valence electrons. The first-order valence-electron chi connectivity index (χ1n) is 25.1. The molecule has 2 heteroatoms. The molecule has 1 atom stereocenters. The van der Waals surface area contributed by atoms with Crippen LogP contribution in [0.4, 0.5) is 17.1 Å². The van der Waals surface area contributed by atoms with Crippen molar-refractivity contribution >= 4 is 44.2 Å². The van der Waals surface area contributed by atoms with Crippen molar-refractivity contribution in [2.24, 2.45) is 0 Å². The summed E-state index contributed by atoms with van der Waals surface area (Å²) in [6.07, 6.45) is 7.82. The average Bonchev–Trinajstić information content (AvgIpc) is 3.73. The zero-order valence-electron chi connectivity index (χ0n) is 40.0. The van der Waals surface area contributed by atoms with Gasteiger partial charge in [-0.25, -0.2) is 0 Å². The summed E-state index contributed by atoms with van der Waals surface area (Å²) in [5.41, 5.74) is 18.5. The number of benzene rings is 11. The van der Waals surface area contributed by atoms with Gasteiger partial charge in [0.1, 0.15) is 11.5 Å². The highest BCUT2D eigenvalue weighted by Gasteiger charge is 2.51. The summed E-state index contributed by atoms with van der Waals surface area (Å²) in [7, 11) is 0. The summed E-state index contributed by atoms with van der Waals surface area (Å²) in [5, 5.41) is 4.91. The lowest BCUT2D eigenvalue weighted by Crippen LogP contribution is -2.32. The molecule has 11 aromatic carbocycles. The van der Waals surface area contributed by atoms with Crippen molar-refractivity contribution in [1.29, 1.82) is 0 Å². The third kappa shape index (κ3) is 6.28. The molecule has 14 rings (SSSR count). The second-order valence-corrected chi connectivity index (χ2v) is 19.7. The van der Waals surface area contributed by atoms with Crippen LogP contribution in [-0.4, -0.2) is 0 Å². The summed E-state index contributed by atoms with van der Waals surface area (Å²) in [4.78, 5) is 2.50. The van der Waals surface area contributed by atoms with Crippen LogP contribution in [0.15, 0.2) is 267 Å². The van der Waals surface area contributed by atoms with Crippen LogP contribution in [0.2, 0.25) is 0 Å². The predicted molar refractivity (Wildman–Crippen MR) is 300 cm³/mol. The van der Waals surface area contributed by atoms with E-state index in [0.717, 1.165) is 40.5 Å². The molecule has 3 aliphatic rings. The highest BCUT2D eigenvalue weighted by Crippen LogP contribution is 2.62. The number of ether oxygens (including phenoxy) is 1. The summed E-state index contributed by atoms with van der Waals surface area (Å²) < 4.78 is 6.66. The Hall–Kier alpha value is -8.98. The number of para-hydroxylation sites is 3. The summed E-state index contributed by atoms with van der Waals surface area (Å²) in [6.45, 7) is 2.43. The van der Waals surface area contributed by atoms with E-state index in [9.17, 15) is 0 Å². The molecule has 72 heavy (non-hydrogen) atoms. The Morgan fingerprint density at radius 1 is 0.389 bits per heavy atom. The van der Waals surface area contributed by atoms with Crippen molar-refractivity contribution < 1.29 is 4.74 Å². The molecule has 0 bridgehead atoms. The molecule has 11 aromatic rings. The van der Waals surface area contributed by atoms with Gasteiger partial charge in [-0.05, 0) is 121 Å². The van der Waals surface area contributed by atoms with Gasteiger partial charge in [-0.3, -0.25) is 0 Å². The minimum absolute atomic E-state index is 0.322. The van der Waals surface area contributed by atoms with Crippen LogP contribution in [0.1, 0.15) is 46.7 Å². The van der Waals surface area contributed by atoms with Crippen LogP contribution in [0.3, 0.4) is 0 Å². The van der Waals surface area contributed by atoms with E-state index >= 15 is 0 Å². The molecule has 0 saturated carbocycles. The zero-order valence-corrected chi connectivity index (χ0v) is 40.0. The number of anilines is 3. The number of fused-ring (bicyclic) bond motifs is 12. The van der Waals surface area contributed by atoms with Crippen molar-refractivity contribution in [2.75, 3.05) is 4.90 Å². The second-order valence-electron chi connectivity index (χ2n) is 19.7. The largest absolute Gasteiger partial charge is 0.457 e. The first-order valence-corrected chi connectivity index (χ1v) is 25.1. The lowest BCUT2D eigenvalue weighted by Gasteiger charge is -2.39.